The molecule has 0 spiro atoms. The van der Waals surface area contributed by atoms with Crippen LogP contribution in [0.2, 0.25) is 0 Å². The molecule has 0 aliphatic carbocycles. The molecule has 1 heterocycles. The van der Waals surface area contributed by atoms with Crippen molar-refractivity contribution in [1.82, 2.24) is 10.2 Å². The third-order valence-electron chi connectivity index (χ3n) is 3.29. The Morgan fingerprint density at radius 3 is 2.29 bits per heavy atom. The number of anilines is 1. The van der Waals surface area contributed by atoms with Gasteiger partial charge in [0.05, 0.1) is 6.04 Å². The molecular weight excluding hydrogens is 323 g/mol. The van der Waals surface area contributed by atoms with E-state index in [1.165, 1.54) is 6.07 Å². The van der Waals surface area contributed by atoms with Crippen molar-refractivity contribution in [3.05, 3.63) is 29.8 Å². The third-order valence-corrected chi connectivity index (χ3v) is 3.29. The Bertz CT molecular complexity index is 450. The van der Waals surface area contributed by atoms with Crippen molar-refractivity contribution >= 4 is 36.4 Å². The fraction of sp³-hybridized carbons (Fsp3) is 0.462. The van der Waals surface area contributed by atoms with E-state index in [1.807, 2.05) is 4.90 Å². The lowest BCUT2D eigenvalue weighted by atomic mass is 10.2. The number of hydrogen-bond donors (Lipinski definition) is 2. The molecular formula is C13H19Cl2F2N3O. The van der Waals surface area contributed by atoms with Gasteiger partial charge in [-0.15, -0.1) is 24.8 Å². The van der Waals surface area contributed by atoms with Crippen molar-refractivity contribution in [2.24, 2.45) is 0 Å². The van der Waals surface area contributed by atoms with E-state index in [-0.39, 0.29) is 30.5 Å². The molecule has 1 aliphatic heterocycles. The minimum atomic E-state index is -0.763. The molecule has 0 bridgehead atoms. The maximum Gasteiger partial charge on any atom is 0.241 e. The number of nitrogens with one attached hydrogen (secondary N) is 2. The van der Waals surface area contributed by atoms with E-state index >= 15 is 0 Å². The summed E-state index contributed by atoms with van der Waals surface area (Å²) in [7, 11) is 0. The van der Waals surface area contributed by atoms with E-state index in [4.69, 9.17) is 0 Å². The predicted molar refractivity (Wildman–Crippen MR) is 83.4 cm³/mol. The Kier molecular flexibility index (Phi) is 8.73. The molecule has 8 heteroatoms. The molecule has 120 valence electrons. The number of amides is 1. The number of piperazine rings is 1. The molecule has 21 heavy (non-hydrogen) atoms. The summed E-state index contributed by atoms with van der Waals surface area (Å²) in [4.78, 5) is 14.0. The molecule has 2 N–H and O–H groups in total. The predicted octanol–water partition coefficient (Wildman–Crippen LogP) is 2.04. The Hall–Kier alpha value is -0.950. The first kappa shape index (κ1) is 20.1. The van der Waals surface area contributed by atoms with Crippen LogP contribution in [0.5, 0.6) is 0 Å². The highest BCUT2D eigenvalue weighted by molar-refractivity contribution is 5.94. The molecule has 1 saturated heterocycles. The summed E-state index contributed by atoms with van der Waals surface area (Å²) in [5.41, 5.74) is -0.380. The van der Waals surface area contributed by atoms with Gasteiger partial charge < -0.3 is 10.6 Å². The summed E-state index contributed by atoms with van der Waals surface area (Å²) in [6.45, 7) is 4.85. The minimum Gasteiger partial charge on any atom is -0.320 e. The quantitative estimate of drug-likeness (QED) is 0.884. The molecule has 2 rings (SSSR count). The van der Waals surface area contributed by atoms with E-state index < -0.39 is 23.6 Å². The average molecular weight is 342 g/mol. The number of halogens is 4. The zero-order chi connectivity index (χ0) is 13.8. The molecule has 1 aromatic carbocycles. The summed E-state index contributed by atoms with van der Waals surface area (Å²) in [5.74, 6) is -1.92. The van der Waals surface area contributed by atoms with Crippen LogP contribution >= 0.6 is 24.8 Å². The molecule has 1 aromatic rings. The van der Waals surface area contributed by atoms with Gasteiger partial charge in [0.15, 0.2) is 0 Å². The van der Waals surface area contributed by atoms with Crippen LogP contribution in [-0.2, 0) is 4.79 Å². The Labute approximate surface area is 135 Å². The lowest BCUT2D eigenvalue weighted by molar-refractivity contribution is -0.121. The second-order valence-electron chi connectivity index (χ2n) is 4.55. The Morgan fingerprint density at radius 2 is 1.76 bits per heavy atom. The maximum absolute atomic E-state index is 13.4. The number of para-hydroxylation sites is 1. The van der Waals surface area contributed by atoms with Crippen LogP contribution in [-0.4, -0.2) is 43.0 Å². The van der Waals surface area contributed by atoms with Crippen LogP contribution in [0.25, 0.3) is 0 Å². The van der Waals surface area contributed by atoms with Crippen molar-refractivity contribution < 1.29 is 13.6 Å². The zero-order valence-electron chi connectivity index (χ0n) is 11.6. The highest BCUT2D eigenvalue weighted by Gasteiger charge is 2.24. The number of benzene rings is 1. The minimum absolute atomic E-state index is 0. The van der Waals surface area contributed by atoms with Gasteiger partial charge in [-0.25, -0.2) is 8.78 Å². The third kappa shape index (κ3) is 5.07. The fourth-order valence-corrected chi connectivity index (χ4v) is 2.08. The SMILES string of the molecule is CC(C(=O)Nc1c(F)cccc1F)N1CCNCC1.Cl.Cl. The van der Waals surface area contributed by atoms with Crippen molar-refractivity contribution in [1.29, 1.82) is 0 Å². The molecule has 4 nitrogen and oxygen atoms in total. The van der Waals surface area contributed by atoms with Crippen LogP contribution in [0.15, 0.2) is 18.2 Å². The molecule has 1 atom stereocenters. The number of hydrogen-bond acceptors (Lipinski definition) is 3. The van der Waals surface area contributed by atoms with E-state index in [0.29, 0.717) is 0 Å². The number of nitrogens with zero attached hydrogens (tertiary/aromatic N) is 1. The van der Waals surface area contributed by atoms with Crippen molar-refractivity contribution in [2.75, 3.05) is 31.5 Å². The van der Waals surface area contributed by atoms with Crippen LogP contribution < -0.4 is 10.6 Å². The average Bonchev–Trinajstić information content (AvgIpc) is 2.43. The van der Waals surface area contributed by atoms with Gasteiger partial charge in [-0.1, -0.05) is 6.07 Å². The van der Waals surface area contributed by atoms with Gasteiger partial charge in [-0.05, 0) is 19.1 Å². The molecule has 1 aliphatic rings. The fourth-order valence-electron chi connectivity index (χ4n) is 2.08. The molecule has 0 radical (unpaired) electrons. The summed E-state index contributed by atoms with van der Waals surface area (Å²) in [5, 5.41) is 5.51. The first-order chi connectivity index (χ1) is 9.09. The molecule has 0 aromatic heterocycles. The van der Waals surface area contributed by atoms with Gasteiger partial charge in [-0.3, -0.25) is 9.69 Å². The van der Waals surface area contributed by atoms with Crippen molar-refractivity contribution in [3.8, 4) is 0 Å². The van der Waals surface area contributed by atoms with E-state index in [9.17, 15) is 13.6 Å². The summed E-state index contributed by atoms with van der Waals surface area (Å²) >= 11 is 0. The second-order valence-corrected chi connectivity index (χ2v) is 4.55. The van der Waals surface area contributed by atoms with E-state index in [2.05, 4.69) is 10.6 Å². The van der Waals surface area contributed by atoms with E-state index in [1.54, 1.807) is 6.92 Å². The van der Waals surface area contributed by atoms with Gasteiger partial charge in [0.25, 0.3) is 0 Å². The van der Waals surface area contributed by atoms with E-state index in [0.717, 1.165) is 38.3 Å². The highest BCUT2D eigenvalue weighted by Crippen LogP contribution is 2.18. The van der Waals surface area contributed by atoms with Crippen LogP contribution in [0.3, 0.4) is 0 Å². The summed E-state index contributed by atoms with van der Waals surface area (Å²) < 4.78 is 26.9. The number of carbonyl (C=O) groups is 1. The van der Waals surface area contributed by atoms with Crippen molar-refractivity contribution in [3.63, 3.8) is 0 Å². The molecule has 0 saturated carbocycles. The standard InChI is InChI=1S/C13H17F2N3O.2ClH/c1-9(18-7-5-16-6-8-18)13(19)17-12-10(14)3-2-4-11(12)15;;/h2-4,9,16H,5-8H2,1H3,(H,17,19);2*1H. The molecule has 1 amide bonds. The van der Waals surface area contributed by atoms with Gasteiger partial charge in [0, 0.05) is 26.2 Å². The zero-order valence-corrected chi connectivity index (χ0v) is 13.2. The highest BCUT2D eigenvalue weighted by atomic mass is 35.5. The normalized spacial score (nSPS) is 16.3. The van der Waals surface area contributed by atoms with Crippen molar-refractivity contribution in [2.45, 2.75) is 13.0 Å². The number of rotatable bonds is 3. The van der Waals surface area contributed by atoms with Gasteiger partial charge in [0.2, 0.25) is 5.91 Å². The Morgan fingerprint density at radius 1 is 1.24 bits per heavy atom. The van der Waals surface area contributed by atoms with Crippen LogP contribution in [0.1, 0.15) is 6.92 Å². The number of carbonyl (C=O) groups excluding carboxylic acids is 1. The second kappa shape index (κ2) is 9.15. The van der Waals surface area contributed by atoms with Crippen LogP contribution in [0, 0.1) is 11.6 Å². The monoisotopic (exact) mass is 341 g/mol. The lowest BCUT2D eigenvalue weighted by Crippen LogP contribution is -2.51. The lowest BCUT2D eigenvalue weighted by Gasteiger charge is -2.31. The van der Waals surface area contributed by atoms with Gasteiger partial charge in [-0.2, -0.15) is 0 Å². The topological polar surface area (TPSA) is 44.4 Å². The first-order valence-corrected chi connectivity index (χ1v) is 6.29. The summed E-state index contributed by atoms with van der Waals surface area (Å²) in [6, 6.07) is 3.09. The van der Waals surface area contributed by atoms with Crippen LogP contribution in [0.4, 0.5) is 14.5 Å². The maximum atomic E-state index is 13.4. The molecule has 1 unspecified atom stereocenters. The van der Waals surface area contributed by atoms with Gasteiger partial charge >= 0.3 is 0 Å². The smallest absolute Gasteiger partial charge is 0.241 e. The largest absolute Gasteiger partial charge is 0.320 e. The van der Waals surface area contributed by atoms with Gasteiger partial charge in [0.1, 0.15) is 17.3 Å². The first-order valence-electron chi connectivity index (χ1n) is 6.29. The Balaban J connectivity index is 0.00000200. The summed E-state index contributed by atoms with van der Waals surface area (Å²) in [6.07, 6.45) is 0. The molecule has 1 fully saturated rings.